The summed E-state index contributed by atoms with van der Waals surface area (Å²) in [4.78, 5) is 28.8. The molecule has 5 N–H and O–H groups in total. The molecule has 0 heterocycles. The Labute approximate surface area is 824 Å². The Balaban J connectivity index is 0.000000181. The first-order chi connectivity index (χ1) is 64.4. The van der Waals surface area contributed by atoms with Crippen LogP contribution >= 0.6 is 7.92 Å². The van der Waals surface area contributed by atoms with Crippen LogP contribution < -0.4 is 5.30 Å². The van der Waals surface area contributed by atoms with Gasteiger partial charge in [0.2, 0.25) is 0 Å². The van der Waals surface area contributed by atoms with Crippen molar-refractivity contribution in [2.75, 3.05) is 0 Å². The molecule has 14 aromatic carbocycles. The number of non-ortho nitro benzene ring substituents is 1. The molecule has 0 aliphatic rings. The SMILES string of the molecule is Cc1cc([N+](=O)[O-])ccc1N=Cc1cc(C(C)(C)C)cc(C(C)(C)C)c1O.Cc1ccc(/C=C/c2cc(C(C)(C)C)cc(C(C)(C)C)c2O)c(P(Cc2ccccc2)Cc2ccccc2)c1.Cc1ccc2ccccc2c1N=Cc1cc(C(C)(C)C)cc(C(C)(C)C)c1O.Cc1ccccc1N=Cc1cc(C(C)(C)C)cc(C(C)(C)C)c1O.Cc1ccccc1N=Cc1cc2ccccc2cc1O. The number of nitro groups is 1. The average molecular weight is 1860 g/mol. The summed E-state index contributed by atoms with van der Waals surface area (Å²) >= 11 is 0. The Kier molecular flexibility index (Phi) is 34.5. The molecule has 0 atom stereocenters. The summed E-state index contributed by atoms with van der Waals surface area (Å²) in [5.41, 5.74) is 24.4. The van der Waals surface area contributed by atoms with E-state index in [0.29, 0.717) is 34.1 Å². The molecule has 0 aromatic heterocycles. The number of hydrogen-bond donors (Lipinski definition) is 5. The number of aliphatic imine (C=N–C) groups is 4. The van der Waals surface area contributed by atoms with Gasteiger partial charge < -0.3 is 25.5 Å². The smallest absolute Gasteiger partial charge is 0.269 e. The van der Waals surface area contributed by atoms with Crippen molar-refractivity contribution in [3.63, 3.8) is 0 Å². The fourth-order valence-electron chi connectivity index (χ4n) is 15.9. The third-order valence-electron chi connectivity index (χ3n) is 24.6. The van der Waals surface area contributed by atoms with Crippen LogP contribution in [0.15, 0.2) is 287 Å². The molecule has 0 amide bonds. The molecule has 12 nitrogen and oxygen atoms in total. The molecular formula is C125H146N5O7P. The molecule has 0 radical (unpaired) electrons. The van der Waals surface area contributed by atoms with E-state index in [1.807, 2.05) is 123 Å². The molecule has 14 rings (SSSR count). The highest BCUT2D eigenvalue weighted by atomic mass is 31.1. The van der Waals surface area contributed by atoms with E-state index in [2.05, 4.69) is 347 Å². The number of rotatable bonds is 16. The number of nitrogens with zero attached hydrogens (tertiary/aromatic N) is 5. The summed E-state index contributed by atoms with van der Waals surface area (Å²) in [6, 6.07) is 90.0. The first-order valence-corrected chi connectivity index (χ1v) is 49.5. The highest BCUT2D eigenvalue weighted by Gasteiger charge is 2.30. The highest BCUT2D eigenvalue weighted by Crippen LogP contribution is 2.47. The van der Waals surface area contributed by atoms with Crippen LogP contribution in [0.4, 0.5) is 28.4 Å². The van der Waals surface area contributed by atoms with Crippen LogP contribution in [0.25, 0.3) is 33.7 Å². The monoisotopic (exact) mass is 1860 g/mol. The molecule has 0 fully saturated rings. The van der Waals surface area contributed by atoms with Crippen molar-refractivity contribution in [2.24, 2.45) is 20.0 Å². The zero-order valence-corrected chi connectivity index (χ0v) is 87.9. The molecule has 0 saturated carbocycles. The number of para-hydroxylation sites is 2. The van der Waals surface area contributed by atoms with E-state index in [-0.39, 0.29) is 60.5 Å². The summed E-state index contributed by atoms with van der Waals surface area (Å²) in [7, 11) is -0.497. The Morgan fingerprint density at radius 1 is 0.297 bits per heavy atom. The fourth-order valence-corrected chi connectivity index (χ4v) is 18.6. The minimum Gasteiger partial charge on any atom is -0.507 e. The van der Waals surface area contributed by atoms with Crippen molar-refractivity contribution in [3.05, 3.63) is 394 Å². The molecule has 0 saturated heterocycles. The Morgan fingerprint density at radius 3 is 1.04 bits per heavy atom. The predicted octanol–water partition coefficient (Wildman–Crippen LogP) is 33.8. The van der Waals surface area contributed by atoms with E-state index in [1.165, 1.54) is 61.8 Å². The van der Waals surface area contributed by atoms with Crippen molar-refractivity contribution in [3.8, 4) is 28.7 Å². The normalized spacial score (nSPS) is 12.4. The number of fused-ring (bicyclic) bond motifs is 2. The zero-order chi connectivity index (χ0) is 102. The van der Waals surface area contributed by atoms with Crippen molar-refractivity contribution < 1.29 is 30.5 Å². The first-order valence-electron chi connectivity index (χ1n) is 47.8. The summed E-state index contributed by atoms with van der Waals surface area (Å²) in [6.07, 6.45) is 13.3. The van der Waals surface area contributed by atoms with Crippen LogP contribution in [0.1, 0.15) is 283 Å². The van der Waals surface area contributed by atoms with Gasteiger partial charge in [-0.05, 0) is 228 Å². The Hall–Kier alpha value is -13.2. The molecule has 0 bridgehead atoms. The zero-order valence-electron chi connectivity index (χ0n) is 87.0. The van der Waals surface area contributed by atoms with Gasteiger partial charge in [0.1, 0.15) is 28.7 Å². The Morgan fingerprint density at radius 2 is 0.645 bits per heavy atom. The van der Waals surface area contributed by atoms with Crippen LogP contribution in [0.5, 0.6) is 28.7 Å². The van der Waals surface area contributed by atoms with E-state index in [0.717, 1.165) is 112 Å². The first kappa shape index (κ1) is 107. The van der Waals surface area contributed by atoms with Crippen LogP contribution in [-0.2, 0) is 55.6 Å². The third-order valence-corrected chi connectivity index (χ3v) is 27.2. The maximum atomic E-state index is 11.4. The van der Waals surface area contributed by atoms with Gasteiger partial charge in [0, 0.05) is 92.4 Å². The Bertz CT molecular complexity index is 6760. The standard InChI is InChI=1S/C37H43OP.C26H31NO.C22H28N2O3.C22H29NO.C18H15NO/c1-27-18-19-30(20-21-31-23-32(36(2,3)4)24-33(35(31)38)37(5,6)7)34(22-27)39(25-28-14-10-8-11-15-28)26-29-16-12-9-13-17-29;1-17-12-13-18-10-8-9-11-21(18)23(17)27-16-19-14-20(25(2,3)4)15-22(24(19)28)26(5,6)7;1-14-10-17(24(26)27)8-9-19(14)23-13-15-11-16(21(2,3)4)12-18(20(15)25)22(5,6)7;1-15-10-8-9-11-19(15)23-14-16-12-17(21(2,3)4)13-18(20(16)24)22(5,6)7;1-13-6-2-5-9-17(13)19-12-16-10-14-7-3-4-8-15(14)11-18(16)20/h8-24,38H,25-26H2,1-7H3;8-16,28H,1-7H3;8-13,25H,1-7H3;8-14,24H,1-7H3;2-12,20H,1H3/b21-20+;;;;. The molecule has 718 valence electrons. The highest BCUT2D eigenvalue weighted by molar-refractivity contribution is 7.64. The van der Waals surface area contributed by atoms with Crippen molar-refractivity contribution >= 4 is 100 Å². The number of hydrogen-bond acceptors (Lipinski definition) is 11. The number of aromatic hydroxyl groups is 5. The van der Waals surface area contributed by atoms with Crippen molar-refractivity contribution in [1.82, 2.24) is 0 Å². The topological polar surface area (TPSA) is 194 Å². The van der Waals surface area contributed by atoms with Crippen LogP contribution in [0.3, 0.4) is 0 Å². The van der Waals surface area contributed by atoms with Gasteiger partial charge in [-0.3, -0.25) is 30.1 Å². The number of aryl methyl sites for hydroxylation is 5. The summed E-state index contributed by atoms with van der Waals surface area (Å²) in [5.74, 6) is 1.51. The quantitative estimate of drug-likeness (QED) is 0.0209. The maximum Gasteiger partial charge on any atom is 0.269 e. The van der Waals surface area contributed by atoms with Gasteiger partial charge in [-0.15, -0.1) is 0 Å². The van der Waals surface area contributed by atoms with Gasteiger partial charge in [-0.2, -0.15) is 0 Å². The average Bonchev–Trinajstić information content (AvgIpc) is 0.783. The summed E-state index contributed by atoms with van der Waals surface area (Å²) < 4.78 is 0. The lowest BCUT2D eigenvalue weighted by Crippen LogP contribution is -2.17. The number of benzene rings is 14. The second-order valence-electron chi connectivity index (χ2n) is 44.6. The number of nitro benzene ring substituents is 1. The van der Waals surface area contributed by atoms with Crippen molar-refractivity contribution in [1.29, 1.82) is 0 Å². The van der Waals surface area contributed by atoms with Crippen LogP contribution in [0.2, 0.25) is 0 Å². The van der Waals surface area contributed by atoms with Gasteiger partial charge in [0.15, 0.2) is 0 Å². The van der Waals surface area contributed by atoms with Gasteiger partial charge >= 0.3 is 0 Å². The van der Waals surface area contributed by atoms with E-state index in [9.17, 15) is 35.6 Å². The number of phenolic OH excluding ortho intramolecular Hbond substituents is 5. The molecule has 138 heavy (non-hydrogen) atoms. The maximum absolute atomic E-state index is 11.4. The number of phenols is 5. The minimum absolute atomic E-state index is 0.00828. The lowest BCUT2D eigenvalue weighted by atomic mass is 9.79. The minimum atomic E-state index is -0.497. The summed E-state index contributed by atoms with van der Waals surface area (Å²) in [5, 5.41) is 70.7. The van der Waals surface area contributed by atoms with Gasteiger partial charge in [0.25, 0.3) is 5.69 Å². The second kappa shape index (κ2) is 44.5. The van der Waals surface area contributed by atoms with Crippen molar-refractivity contribution in [2.45, 2.75) is 256 Å². The van der Waals surface area contributed by atoms with E-state index >= 15 is 0 Å². The molecular weight excluding hydrogens is 1710 g/mol. The van der Waals surface area contributed by atoms with E-state index < -0.39 is 12.8 Å². The third kappa shape index (κ3) is 29.0. The van der Waals surface area contributed by atoms with Gasteiger partial charge in [-0.1, -0.05) is 392 Å². The largest absolute Gasteiger partial charge is 0.507 e. The molecule has 0 aliphatic carbocycles. The molecule has 0 aliphatic heterocycles. The van der Waals surface area contributed by atoms with E-state index in [1.54, 1.807) is 37.7 Å². The lowest BCUT2D eigenvalue weighted by molar-refractivity contribution is -0.384. The van der Waals surface area contributed by atoms with Gasteiger partial charge in [0.05, 0.1) is 27.7 Å². The van der Waals surface area contributed by atoms with E-state index in [4.69, 9.17) is 4.99 Å². The second-order valence-corrected chi connectivity index (χ2v) is 46.8. The molecule has 0 spiro atoms. The summed E-state index contributed by atoms with van der Waals surface area (Å²) in [6.45, 7) is 61.8. The van der Waals surface area contributed by atoms with Crippen LogP contribution in [-0.4, -0.2) is 55.3 Å². The predicted molar refractivity (Wildman–Crippen MR) is 592 cm³/mol. The molecule has 13 heteroatoms. The fraction of sp³-hybridized carbons (Fsp3) is 0.312. The van der Waals surface area contributed by atoms with Crippen LogP contribution in [0, 0.1) is 44.7 Å². The molecule has 14 aromatic rings. The van der Waals surface area contributed by atoms with Gasteiger partial charge in [-0.25, -0.2) is 0 Å². The lowest BCUT2D eigenvalue weighted by Gasteiger charge is -2.27. The molecule has 0 unspecified atom stereocenters.